The molecule has 0 aliphatic rings. The minimum absolute atomic E-state index is 0.183. The van der Waals surface area contributed by atoms with Crippen LogP contribution in [0.5, 0.6) is 0 Å². The topological polar surface area (TPSA) is 24.9 Å². The maximum atomic E-state index is 13.4. The van der Waals surface area contributed by atoms with Crippen molar-refractivity contribution < 1.29 is 17.6 Å². The highest BCUT2D eigenvalue weighted by atomic mass is 19.2. The molecule has 6 heteroatoms. The molecule has 0 radical (unpaired) electrons. The van der Waals surface area contributed by atoms with Crippen molar-refractivity contribution in [1.82, 2.24) is 4.98 Å². The first kappa shape index (κ1) is 13.3. The highest BCUT2D eigenvalue weighted by Gasteiger charge is 2.13. The summed E-state index contributed by atoms with van der Waals surface area (Å²) in [6, 6.07) is 3.33. The SMILES string of the molecule is CC(Nc1cc(F)c(F)cc1F)c1ccc(F)cn1. The van der Waals surface area contributed by atoms with Crippen LogP contribution in [0.4, 0.5) is 23.2 Å². The van der Waals surface area contributed by atoms with Gasteiger partial charge in [0, 0.05) is 12.1 Å². The molecule has 2 aromatic rings. The summed E-state index contributed by atoms with van der Waals surface area (Å²) in [5, 5.41) is 2.65. The number of nitrogens with zero attached hydrogens (tertiary/aromatic N) is 1. The lowest BCUT2D eigenvalue weighted by Gasteiger charge is -2.15. The van der Waals surface area contributed by atoms with E-state index < -0.39 is 29.3 Å². The molecule has 2 rings (SSSR count). The van der Waals surface area contributed by atoms with Crippen LogP contribution in [0.25, 0.3) is 0 Å². The summed E-state index contributed by atoms with van der Waals surface area (Å²) in [6.07, 6.45) is 1.02. The van der Waals surface area contributed by atoms with Gasteiger partial charge in [0.2, 0.25) is 0 Å². The Morgan fingerprint density at radius 2 is 1.68 bits per heavy atom. The van der Waals surface area contributed by atoms with Crippen LogP contribution >= 0.6 is 0 Å². The van der Waals surface area contributed by atoms with Gasteiger partial charge in [0.25, 0.3) is 0 Å². The number of rotatable bonds is 3. The number of hydrogen-bond acceptors (Lipinski definition) is 2. The molecule has 0 saturated heterocycles. The Morgan fingerprint density at radius 1 is 1.00 bits per heavy atom. The van der Waals surface area contributed by atoms with Gasteiger partial charge in [-0.15, -0.1) is 0 Å². The second-order valence-electron chi connectivity index (χ2n) is 4.01. The van der Waals surface area contributed by atoms with Gasteiger partial charge in [0.05, 0.1) is 23.6 Å². The van der Waals surface area contributed by atoms with E-state index in [4.69, 9.17) is 0 Å². The average Bonchev–Trinajstić information content (AvgIpc) is 2.36. The number of hydrogen-bond donors (Lipinski definition) is 1. The molecule has 0 bridgehead atoms. The monoisotopic (exact) mass is 270 g/mol. The van der Waals surface area contributed by atoms with Crippen LogP contribution in [0.1, 0.15) is 18.7 Å². The molecule has 1 N–H and O–H groups in total. The zero-order valence-corrected chi connectivity index (χ0v) is 9.92. The summed E-state index contributed by atoms with van der Waals surface area (Å²) < 4.78 is 51.9. The largest absolute Gasteiger partial charge is 0.374 e. The lowest BCUT2D eigenvalue weighted by atomic mass is 10.2. The Kier molecular flexibility index (Phi) is 3.69. The number of halogens is 4. The quantitative estimate of drug-likeness (QED) is 0.677. The zero-order valence-electron chi connectivity index (χ0n) is 9.92. The van der Waals surface area contributed by atoms with Crippen molar-refractivity contribution in [3.63, 3.8) is 0 Å². The summed E-state index contributed by atoms with van der Waals surface area (Å²) in [5.41, 5.74) is 0.267. The summed E-state index contributed by atoms with van der Waals surface area (Å²) >= 11 is 0. The predicted octanol–water partition coefficient (Wildman–Crippen LogP) is 3.81. The summed E-state index contributed by atoms with van der Waals surface area (Å²) in [4.78, 5) is 3.82. The van der Waals surface area contributed by atoms with Crippen molar-refractivity contribution in [1.29, 1.82) is 0 Å². The minimum Gasteiger partial charge on any atom is -0.374 e. The molecule has 0 amide bonds. The van der Waals surface area contributed by atoms with Gasteiger partial charge in [0.1, 0.15) is 11.6 Å². The van der Waals surface area contributed by atoms with Crippen LogP contribution in [-0.2, 0) is 0 Å². The van der Waals surface area contributed by atoms with Gasteiger partial charge < -0.3 is 5.32 Å². The van der Waals surface area contributed by atoms with Crippen molar-refractivity contribution >= 4 is 5.69 Å². The van der Waals surface area contributed by atoms with Crippen LogP contribution in [0.15, 0.2) is 30.5 Å². The van der Waals surface area contributed by atoms with Crippen LogP contribution < -0.4 is 5.32 Å². The molecule has 0 aliphatic heterocycles. The van der Waals surface area contributed by atoms with Gasteiger partial charge in [-0.25, -0.2) is 17.6 Å². The Bertz CT molecular complexity index is 584. The molecule has 100 valence electrons. The lowest BCUT2D eigenvalue weighted by Crippen LogP contribution is -2.10. The average molecular weight is 270 g/mol. The predicted molar refractivity (Wildman–Crippen MR) is 62.5 cm³/mol. The Morgan fingerprint density at radius 3 is 2.32 bits per heavy atom. The van der Waals surface area contributed by atoms with Crippen LogP contribution in [0.3, 0.4) is 0 Å². The van der Waals surface area contributed by atoms with E-state index in [-0.39, 0.29) is 5.69 Å². The molecule has 2 nitrogen and oxygen atoms in total. The third kappa shape index (κ3) is 3.01. The van der Waals surface area contributed by atoms with E-state index in [2.05, 4.69) is 10.3 Å². The van der Waals surface area contributed by atoms with E-state index in [1.165, 1.54) is 12.1 Å². The maximum Gasteiger partial charge on any atom is 0.161 e. The minimum atomic E-state index is -1.25. The molecule has 1 heterocycles. The molecule has 1 atom stereocenters. The second kappa shape index (κ2) is 5.26. The van der Waals surface area contributed by atoms with Gasteiger partial charge in [0.15, 0.2) is 11.6 Å². The smallest absolute Gasteiger partial charge is 0.161 e. The van der Waals surface area contributed by atoms with E-state index in [0.717, 1.165) is 12.3 Å². The summed E-state index contributed by atoms with van der Waals surface area (Å²) in [6.45, 7) is 1.64. The van der Waals surface area contributed by atoms with E-state index in [1.807, 2.05) is 0 Å². The number of benzene rings is 1. The van der Waals surface area contributed by atoms with Gasteiger partial charge in [-0.05, 0) is 19.1 Å². The van der Waals surface area contributed by atoms with Crippen molar-refractivity contribution in [2.24, 2.45) is 0 Å². The standard InChI is InChI=1S/C13H10F4N2/c1-7(12-3-2-8(14)6-18-12)19-13-5-10(16)9(15)4-11(13)17/h2-7,19H,1H3. The van der Waals surface area contributed by atoms with Crippen LogP contribution in [-0.4, -0.2) is 4.98 Å². The van der Waals surface area contributed by atoms with Gasteiger partial charge in [-0.2, -0.15) is 0 Å². The van der Waals surface area contributed by atoms with Gasteiger partial charge in [-0.3, -0.25) is 4.98 Å². The number of aromatic nitrogens is 1. The van der Waals surface area contributed by atoms with Crippen LogP contribution in [0.2, 0.25) is 0 Å². The second-order valence-corrected chi connectivity index (χ2v) is 4.01. The molecule has 1 aromatic carbocycles. The molecule has 0 spiro atoms. The van der Waals surface area contributed by atoms with E-state index in [1.54, 1.807) is 6.92 Å². The fourth-order valence-electron chi connectivity index (χ4n) is 1.58. The fraction of sp³-hybridized carbons (Fsp3) is 0.154. The van der Waals surface area contributed by atoms with E-state index in [0.29, 0.717) is 11.8 Å². The molecule has 0 aliphatic carbocycles. The normalized spacial score (nSPS) is 12.3. The lowest BCUT2D eigenvalue weighted by molar-refractivity contribution is 0.495. The van der Waals surface area contributed by atoms with Crippen LogP contribution in [0, 0.1) is 23.3 Å². The molecule has 1 unspecified atom stereocenters. The van der Waals surface area contributed by atoms with Crippen molar-refractivity contribution in [3.05, 3.63) is 59.4 Å². The highest BCUT2D eigenvalue weighted by molar-refractivity contribution is 5.46. The first-order valence-corrected chi connectivity index (χ1v) is 5.50. The maximum absolute atomic E-state index is 13.4. The Balaban J connectivity index is 2.21. The Labute approximate surface area is 107 Å². The number of nitrogens with one attached hydrogen (secondary N) is 1. The fourth-order valence-corrected chi connectivity index (χ4v) is 1.58. The number of anilines is 1. The molecule has 0 fully saturated rings. The number of pyridine rings is 1. The van der Waals surface area contributed by atoms with Crippen molar-refractivity contribution in [2.45, 2.75) is 13.0 Å². The van der Waals surface area contributed by atoms with E-state index >= 15 is 0 Å². The highest BCUT2D eigenvalue weighted by Crippen LogP contribution is 2.23. The van der Waals surface area contributed by atoms with Crippen molar-refractivity contribution in [2.75, 3.05) is 5.32 Å². The molecule has 19 heavy (non-hydrogen) atoms. The first-order chi connectivity index (χ1) is 8.97. The Hall–Kier alpha value is -2.11. The first-order valence-electron chi connectivity index (χ1n) is 5.50. The molecular weight excluding hydrogens is 260 g/mol. The summed E-state index contributed by atoms with van der Waals surface area (Å²) in [7, 11) is 0. The van der Waals surface area contributed by atoms with Crippen molar-refractivity contribution in [3.8, 4) is 0 Å². The molecule has 1 aromatic heterocycles. The molecular formula is C13H10F4N2. The molecule has 0 saturated carbocycles. The van der Waals surface area contributed by atoms with Gasteiger partial charge >= 0.3 is 0 Å². The van der Waals surface area contributed by atoms with Gasteiger partial charge in [-0.1, -0.05) is 0 Å². The third-order valence-electron chi connectivity index (χ3n) is 2.58. The van der Waals surface area contributed by atoms with E-state index in [9.17, 15) is 17.6 Å². The third-order valence-corrected chi connectivity index (χ3v) is 2.58. The summed E-state index contributed by atoms with van der Waals surface area (Å²) in [5.74, 6) is -3.80. The zero-order chi connectivity index (χ0) is 14.0.